The molecule has 0 N–H and O–H groups in total. The molecule has 0 bridgehead atoms. The van der Waals surface area contributed by atoms with E-state index >= 15 is 0 Å². The normalized spacial score (nSPS) is 12.5. The summed E-state index contributed by atoms with van der Waals surface area (Å²) in [6.07, 6.45) is 0. The van der Waals surface area contributed by atoms with Crippen molar-refractivity contribution in [2.24, 2.45) is 0 Å². The van der Waals surface area contributed by atoms with E-state index in [2.05, 4.69) is 0 Å². The number of hydrogen-bond donors (Lipinski definition) is 0. The van der Waals surface area contributed by atoms with Gasteiger partial charge in [-0.15, -0.1) is 0 Å². The first-order valence-corrected chi connectivity index (χ1v) is 9.97. The van der Waals surface area contributed by atoms with Crippen LogP contribution in [0.25, 0.3) is 0 Å². The van der Waals surface area contributed by atoms with Gasteiger partial charge >= 0.3 is 5.97 Å². The average molecular weight is 440 g/mol. The first kappa shape index (κ1) is 20.6. The number of nitrogens with zero attached hydrogens (tertiary/aromatic N) is 3. The summed E-state index contributed by atoms with van der Waals surface area (Å²) in [5.41, 5.74) is 2.66. The van der Waals surface area contributed by atoms with Gasteiger partial charge < -0.3 is 14.2 Å². The van der Waals surface area contributed by atoms with Gasteiger partial charge in [0.2, 0.25) is 0 Å². The number of para-hydroxylation sites is 1. The van der Waals surface area contributed by atoms with Crippen LogP contribution in [0.4, 0.5) is 11.4 Å². The molecular weight excluding hydrogens is 422 g/mol. The topological polar surface area (TPSA) is 94.7 Å². The van der Waals surface area contributed by atoms with Crippen LogP contribution < -0.4 is 4.90 Å². The molecule has 2 heterocycles. The summed E-state index contributed by atoms with van der Waals surface area (Å²) in [5.74, 6) is -0.816. The average Bonchev–Trinajstić information content (AvgIpc) is 3.06. The third-order valence-corrected chi connectivity index (χ3v) is 5.44. The summed E-state index contributed by atoms with van der Waals surface area (Å²) < 4.78 is 6.99. The van der Waals surface area contributed by atoms with Gasteiger partial charge in [0.25, 0.3) is 11.6 Å². The highest BCUT2D eigenvalue weighted by Crippen LogP contribution is 2.32. The Hall–Kier alpha value is -3.65. The zero-order valence-electron chi connectivity index (χ0n) is 16.6. The van der Waals surface area contributed by atoms with E-state index in [9.17, 15) is 19.7 Å². The summed E-state index contributed by atoms with van der Waals surface area (Å²) in [6, 6.07) is 14.6. The van der Waals surface area contributed by atoms with Crippen molar-refractivity contribution in [2.75, 3.05) is 11.5 Å². The molecule has 3 aromatic rings. The molecule has 31 heavy (non-hydrogen) atoms. The van der Waals surface area contributed by atoms with Crippen LogP contribution in [-0.4, -0.2) is 28.0 Å². The number of esters is 1. The van der Waals surface area contributed by atoms with Crippen molar-refractivity contribution in [3.8, 4) is 0 Å². The number of rotatable bonds is 4. The molecule has 2 aromatic carbocycles. The zero-order chi connectivity index (χ0) is 22.1. The van der Waals surface area contributed by atoms with Crippen LogP contribution in [-0.2, 0) is 17.8 Å². The Morgan fingerprint density at radius 2 is 1.90 bits per heavy atom. The van der Waals surface area contributed by atoms with E-state index in [0.29, 0.717) is 17.9 Å². The molecule has 0 aliphatic carbocycles. The Balaban J connectivity index is 1.78. The number of carbonyl (C=O) groups excluding carboxylic acids is 2. The SMILES string of the molecule is CCOC(=O)c1ccc2n1Cc1ccccc1N(C(=O)c1ccc([N+](=O)[O-])cc1Cl)C2. The lowest BCUT2D eigenvalue weighted by Gasteiger charge is -2.23. The van der Waals surface area contributed by atoms with Crippen molar-refractivity contribution in [2.45, 2.75) is 20.0 Å². The molecule has 0 saturated carbocycles. The number of carbonyl (C=O) groups is 2. The number of nitro groups is 1. The molecule has 0 radical (unpaired) electrons. The highest BCUT2D eigenvalue weighted by molar-refractivity contribution is 6.34. The van der Waals surface area contributed by atoms with Gasteiger partial charge in [0.1, 0.15) is 5.69 Å². The summed E-state index contributed by atoms with van der Waals surface area (Å²) in [7, 11) is 0. The fraction of sp³-hybridized carbons (Fsp3) is 0.182. The molecule has 1 aliphatic rings. The Kier molecular flexibility index (Phi) is 5.48. The number of hydrogen-bond acceptors (Lipinski definition) is 5. The summed E-state index contributed by atoms with van der Waals surface area (Å²) in [6.45, 7) is 2.60. The molecule has 0 atom stereocenters. The maximum absolute atomic E-state index is 13.4. The molecule has 9 heteroatoms. The van der Waals surface area contributed by atoms with Crippen molar-refractivity contribution < 1.29 is 19.2 Å². The van der Waals surface area contributed by atoms with E-state index in [1.54, 1.807) is 24.0 Å². The van der Waals surface area contributed by atoms with E-state index in [4.69, 9.17) is 16.3 Å². The molecule has 0 spiro atoms. The Bertz CT molecular complexity index is 1200. The molecule has 0 unspecified atom stereocenters. The first-order valence-electron chi connectivity index (χ1n) is 9.60. The van der Waals surface area contributed by atoms with Crippen molar-refractivity contribution in [1.29, 1.82) is 0 Å². The number of anilines is 1. The van der Waals surface area contributed by atoms with Gasteiger partial charge in [0.15, 0.2) is 0 Å². The third kappa shape index (κ3) is 3.77. The fourth-order valence-electron chi connectivity index (χ4n) is 3.66. The largest absolute Gasteiger partial charge is 0.461 e. The van der Waals surface area contributed by atoms with E-state index in [1.807, 2.05) is 28.8 Å². The Morgan fingerprint density at radius 3 is 2.61 bits per heavy atom. The quantitative estimate of drug-likeness (QED) is 0.340. The highest BCUT2D eigenvalue weighted by Gasteiger charge is 2.29. The van der Waals surface area contributed by atoms with Crippen molar-refractivity contribution in [3.63, 3.8) is 0 Å². The van der Waals surface area contributed by atoms with E-state index in [0.717, 1.165) is 11.3 Å². The van der Waals surface area contributed by atoms with Gasteiger partial charge in [-0.05, 0) is 36.8 Å². The van der Waals surface area contributed by atoms with Crippen LogP contribution in [0.5, 0.6) is 0 Å². The smallest absolute Gasteiger partial charge is 0.354 e. The van der Waals surface area contributed by atoms with Crippen LogP contribution in [0, 0.1) is 10.1 Å². The van der Waals surface area contributed by atoms with Gasteiger partial charge in [-0.2, -0.15) is 0 Å². The number of nitro benzene ring substituents is 1. The van der Waals surface area contributed by atoms with Gasteiger partial charge in [0, 0.05) is 23.5 Å². The molecule has 1 aromatic heterocycles. The van der Waals surface area contributed by atoms with Gasteiger partial charge in [-0.3, -0.25) is 14.9 Å². The van der Waals surface area contributed by atoms with Crippen molar-refractivity contribution >= 4 is 34.9 Å². The molecule has 158 valence electrons. The minimum absolute atomic E-state index is 0.00326. The Labute approximate surface area is 182 Å². The molecule has 1 aliphatic heterocycles. The van der Waals surface area contributed by atoms with Crippen LogP contribution in [0.3, 0.4) is 0 Å². The lowest BCUT2D eigenvalue weighted by molar-refractivity contribution is -0.384. The van der Waals surface area contributed by atoms with E-state index < -0.39 is 10.9 Å². The number of halogens is 1. The molecule has 4 rings (SSSR count). The number of non-ortho nitro benzene ring substituents is 1. The maximum Gasteiger partial charge on any atom is 0.354 e. The van der Waals surface area contributed by atoms with Gasteiger partial charge in [0.05, 0.1) is 35.2 Å². The third-order valence-electron chi connectivity index (χ3n) is 5.13. The van der Waals surface area contributed by atoms with Crippen LogP contribution in [0.15, 0.2) is 54.6 Å². The first-order chi connectivity index (χ1) is 14.9. The highest BCUT2D eigenvalue weighted by atomic mass is 35.5. The number of aromatic nitrogens is 1. The monoisotopic (exact) mass is 439 g/mol. The van der Waals surface area contributed by atoms with Crippen LogP contribution in [0.1, 0.15) is 39.0 Å². The molecule has 8 nitrogen and oxygen atoms in total. The molecule has 1 amide bonds. The minimum Gasteiger partial charge on any atom is -0.461 e. The second-order valence-electron chi connectivity index (χ2n) is 6.96. The fourth-order valence-corrected chi connectivity index (χ4v) is 3.92. The standard InChI is InChI=1S/C22H18ClN3O5/c1-2-31-22(28)20-10-8-16-13-25(19-6-4-3-5-14(19)12-24(16)20)21(27)17-9-7-15(26(29)30)11-18(17)23/h3-11H,2,12-13H2,1H3. The van der Waals surface area contributed by atoms with Gasteiger partial charge in [-0.25, -0.2) is 4.79 Å². The summed E-state index contributed by atoms with van der Waals surface area (Å²) in [4.78, 5) is 37.8. The van der Waals surface area contributed by atoms with Crippen molar-refractivity contribution in [1.82, 2.24) is 4.57 Å². The molecule has 0 fully saturated rings. The lowest BCUT2D eigenvalue weighted by Crippen LogP contribution is -2.30. The second-order valence-corrected chi connectivity index (χ2v) is 7.36. The van der Waals surface area contributed by atoms with E-state index in [1.165, 1.54) is 18.2 Å². The number of amides is 1. The zero-order valence-corrected chi connectivity index (χ0v) is 17.3. The Morgan fingerprint density at radius 1 is 1.13 bits per heavy atom. The number of fused-ring (bicyclic) bond motifs is 2. The van der Waals surface area contributed by atoms with Crippen LogP contribution in [0.2, 0.25) is 5.02 Å². The maximum atomic E-state index is 13.4. The predicted molar refractivity (Wildman–Crippen MR) is 115 cm³/mol. The van der Waals surface area contributed by atoms with Crippen LogP contribution >= 0.6 is 11.6 Å². The molecule has 0 saturated heterocycles. The van der Waals surface area contributed by atoms with E-state index in [-0.39, 0.29) is 35.3 Å². The molecular formula is C22H18ClN3O5. The summed E-state index contributed by atoms with van der Waals surface area (Å²) in [5, 5.41) is 11.0. The number of ether oxygens (including phenoxy) is 1. The lowest BCUT2D eigenvalue weighted by atomic mass is 10.1. The second kappa shape index (κ2) is 8.23. The predicted octanol–water partition coefficient (Wildman–Crippen LogP) is 4.44. The summed E-state index contributed by atoms with van der Waals surface area (Å²) >= 11 is 6.22. The van der Waals surface area contributed by atoms with Gasteiger partial charge in [-0.1, -0.05) is 29.8 Å². The van der Waals surface area contributed by atoms with Crippen molar-refractivity contribution in [3.05, 3.63) is 92.2 Å². The minimum atomic E-state index is -0.564. The number of benzene rings is 2.